The number of hydrogen-bond acceptors (Lipinski definition) is 2. The summed E-state index contributed by atoms with van der Waals surface area (Å²) in [6.07, 6.45) is -4.18. The molecule has 0 aliphatic carbocycles. The summed E-state index contributed by atoms with van der Waals surface area (Å²) in [5.74, 6) is -2.23. The SMILES string of the molecule is O=C(Nc1ccc(F)cc1)C1CCC(C(F)(F)F)CN1. The highest BCUT2D eigenvalue weighted by Crippen LogP contribution is 2.32. The minimum Gasteiger partial charge on any atom is -0.325 e. The van der Waals surface area contributed by atoms with Gasteiger partial charge in [0.05, 0.1) is 12.0 Å². The first kappa shape index (κ1) is 14.8. The number of amides is 1. The lowest BCUT2D eigenvalue weighted by atomic mass is 9.94. The number of benzene rings is 1. The number of carbonyl (C=O) groups excluding carboxylic acids is 1. The molecule has 2 N–H and O–H groups in total. The van der Waals surface area contributed by atoms with Crippen molar-refractivity contribution < 1.29 is 22.4 Å². The number of nitrogens with one attached hydrogen (secondary N) is 2. The van der Waals surface area contributed by atoms with E-state index in [1.54, 1.807) is 0 Å². The predicted molar refractivity (Wildman–Crippen MR) is 65.6 cm³/mol. The van der Waals surface area contributed by atoms with Gasteiger partial charge >= 0.3 is 6.18 Å². The zero-order chi connectivity index (χ0) is 14.8. The van der Waals surface area contributed by atoms with E-state index in [-0.39, 0.29) is 19.4 Å². The molecule has 1 amide bonds. The summed E-state index contributed by atoms with van der Waals surface area (Å²) in [6.45, 7) is -0.259. The Kier molecular flexibility index (Phi) is 4.27. The Labute approximate surface area is 113 Å². The van der Waals surface area contributed by atoms with Crippen LogP contribution in [0.2, 0.25) is 0 Å². The molecule has 0 spiro atoms. The highest BCUT2D eigenvalue weighted by molar-refractivity contribution is 5.94. The molecule has 0 bridgehead atoms. The van der Waals surface area contributed by atoms with Gasteiger partial charge in [-0.05, 0) is 37.1 Å². The van der Waals surface area contributed by atoms with Crippen LogP contribution in [0.1, 0.15) is 12.8 Å². The lowest BCUT2D eigenvalue weighted by Gasteiger charge is -2.30. The van der Waals surface area contributed by atoms with Gasteiger partial charge in [-0.1, -0.05) is 0 Å². The molecule has 1 heterocycles. The number of piperidine rings is 1. The Bertz CT molecular complexity index is 464. The first-order valence-electron chi connectivity index (χ1n) is 6.23. The summed E-state index contributed by atoms with van der Waals surface area (Å²) in [5.41, 5.74) is 0.413. The highest BCUT2D eigenvalue weighted by atomic mass is 19.4. The van der Waals surface area contributed by atoms with Crippen LogP contribution in [-0.4, -0.2) is 24.7 Å². The van der Waals surface area contributed by atoms with Crippen molar-refractivity contribution in [1.82, 2.24) is 5.32 Å². The molecular weight excluding hydrogens is 276 g/mol. The Morgan fingerprint density at radius 3 is 2.35 bits per heavy atom. The van der Waals surface area contributed by atoms with Crippen LogP contribution in [0.5, 0.6) is 0 Å². The molecule has 0 aromatic heterocycles. The summed E-state index contributed by atoms with van der Waals surface area (Å²) < 4.78 is 50.1. The van der Waals surface area contributed by atoms with Crippen molar-refractivity contribution in [2.75, 3.05) is 11.9 Å². The number of alkyl halides is 3. The van der Waals surface area contributed by atoms with Gasteiger partial charge < -0.3 is 10.6 Å². The summed E-state index contributed by atoms with van der Waals surface area (Å²) in [4.78, 5) is 11.9. The van der Waals surface area contributed by atoms with Crippen molar-refractivity contribution in [1.29, 1.82) is 0 Å². The van der Waals surface area contributed by atoms with Crippen LogP contribution in [0.4, 0.5) is 23.2 Å². The monoisotopic (exact) mass is 290 g/mol. The van der Waals surface area contributed by atoms with E-state index in [2.05, 4.69) is 10.6 Å². The second-order valence-electron chi connectivity index (χ2n) is 4.77. The lowest BCUT2D eigenvalue weighted by Crippen LogP contribution is -2.49. The van der Waals surface area contributed by atoms with Crippen molar-refractivity contribution in [3.05, 3.63) is 30.1 Å². The number of rotatable bonds is 2. The fraction of sp³-hybridized carbons (Fsp3) is 0.462. The number of halogens is 4. The third-order valence-electron chi connectivity index (χ3n) is 3.31. The van der Waals surface area contributed by atoms with Gasteiger partial charge in [-0.25, -0.2) is 4.39 Å². The van der Waals surface area contributed by atoms with Gasteiger partial charge in [0.1, 0.15) is 5.82 Å². The molecule has 1 aromatic rings. The van der Waals surface area contributed by atoms with Crippen LogP contribution >= 0.6 is 0 Å². The molecule has 1 fully saturated rings. The van der Waals surface area contributed by atoms with Crippen molar-refractivity contribution in [2.45, 2.75) is 25.1 Å². The van der Waals surface area contributed by atoms with Gasteiger partial charge in [0.2, 0.25) is 5.91 Å². The Morgan fingerprint density at radius 1 is 1.20 bits per heavy atom. The molecule has 1 aromatic carbocycles. The van der Waals surface area contributed by atoms with Crippen LogP contribution < -0.4 is 10.6 Å². The van der Waals surface area contributed by atoms with Crippen molar-refractivity contribution >= 4 is 11.6 Å². The first-order valence-corrected chi connectivity index (χ1v) is 6.23. The smallest absolute Gasteiger partial charge is 0.325 e. The maximum Gasteiger partial charge on any atom is 0.393 e. The van der Waals surface area contributed by atoms with Gasteiger partial charge in [0.25, 0.3) is 0 Å². The van der Waals surface area contributed by atoms with E-state index in [4.69, 9.17) is 0 Å². The zero-order valence-electron chi connectivity index (χ0n) is 10.5. The Balaban J connectivity index is 1.87. The van der Waals surface area contributed by atoms with E-state index in [1.807, 2.05) is 0 Å². The normalized spacial score (nSPS) is 23.4. The van der Waals surface area contributed by atoms with E-state index >= 15 is 0 Å². The number of hydrogen-bond donors (Lipinski definition) is 2. The van der Waals surface area contributed by atoms with Crippen LogP contribution in [0, 0.1) is 11.7 Å². The van der Waals surface area contributed by atoms with E-state index in [0.29, 0.717) is 5.69 Å². The average Bonchev–Trinajstić information content (AvgIpc) is 2.40. The van der Waals surface area contributed by atoms with Gasteiger partial charge in [0, 0.05) is 12.2 Å². The Morgan fingerprint density at radius 2 is 1.85 bits per heavy atom. The molecule has 1 saturated heterocycles. The molecule has 1 aliphatic rings. The molecule has 2 rings (SSSR count). The second-order valence-corrected chi connectivity index (χ2v) is 4.77. The molecule has 2 unspecified atom stereocenters. The highest BCUT2D eigenvalue weighted by Gasteiger charge is 2.42. The standard InChI is InChI=1S/C13H14F4N2O/c14-9-2-4-10(5-3-9)19-12(20)11-6-1-8(7-18-11)13(15,16)17/h2-5,8,11,18H,1,6-7H2,(H,19,20). The summed E-state index contributed by atoms with van der Waals surface area (Å²) >= 11 is 0. The van der Waals surface area contributed by atoms with Gasteiger partial charge in [-0.15, -0.1) is 0 Å². The first-order chi connectivity index (χ1) is 9.36. The van der Waals surface area contributed by atoms with Crippen LogP contribution in [-0.2, 0) is 4.79 Å². The van der Waals surface area contributed by atoms with Crippen molar-refractivity contribution in [3.8, 4) is 0 Å². The molecule has 1 aliphatic heterocycles. The molecule has 110 valence electrons. The zero-order valence-corrected chi connectivity index (χ0v) is 10.5. The molecule has 2 atom stereocenters. The second kappa shape index (κ2) is 5.78. The summed E-state index contributed by atoms with van der Waals surface area (Å²) in [7, 11) is 0. The summed E-state index contributed by atoms with van der Waals surface area (Å²) in [6, 6.07) is 4.54. The van der Waals surface area contributed by atoms with E-state index < -0.39 is 29.9 Å². The topological polar surface area (TPSA) is 41.1 Å². The van der Waals surface area contributed by atoms with Crippen molar-refractivity contribution in [2.24, 2.45) is 5.92 Å². The third kappa shape index (κ3) is 3.69. The molecule has 7 heteroatoms. The van der Waals surface area contributed by atoms with Gasteiger partial charge in [0.15, 0.2) is 0 Å². The molecule has 3 nitrogen and oxygen atoms in total. The maximum absolute atomic E-state index is 12.7. The summed E-state index contributed by atoms with van der Waals surface area (Å²) in [5, 5.41) is 5.14. The Hall–Kier alpha value is -1.63. The van der Waals surface area contributed by atoms with Gasteiger partial charge in [-0.3, -0.25) is 4.79 Å². The third-order valence-corrected chi connectivity index (χ3v) is 3.31. The van der Waals surface area contributed by atoms with Gasteiger partial charge in [-0.2, -0.15) is 13.2 Å². The molecule has 20 heavy (non-hydrogen) atoms. The van der Waals surface area contributed by atoms with Crippen LogP contribution in [0.15, 0.2) is 24.3 Å². The molecule has 0 radical (unpaired) electrons. The van der Waals surface area contributed by atoms with E-state index in [1.165, 1.54) is 24.3 Å². The average molecular weight is 290 g/mol. The van der Waals surface area contributed by atoms with Crippen LogP contribution in [0.3, 0.4) is 0 Å². The minimum absolute atomic E-state index is 0.0714. The quantitative estimate of drug-likeness (QED) is 0.822. The largest absolute Gasteiger partial charge is 0.393 e. The van der Waals surface area contributed by atoms with Crippen molar-refractivity contribution in [3.63, 3.8) is 0 Å². The fourth-order valence-corrected chi connectivity index (χ4v) is 2.12. The number of carbonyl (C=O) groups is 1. The van der Waals surface area contributed by atoms with Crippen LogP contribution in [0.25, 0.3) is 0 Å². The van der Waals surface area contributed by atoms with E-state index in [0.717, 1.165) is 0 Å². The van der Waals surface area contributed by atoms with E-state index in [9.17, 15) is 22.4 Å². The predicted octanol–water partition coefficient (Wildman–Crippen LogP) is 2.69. The molecule has 0 saturated carbocycles. The fourth-order valence-electron chi connectivity index (χ4n) is 2.12. The lowest BCUT2D eigenvalue weighted by molar-refractivity contribution is -0.180. The number of anilines is 1. The minimum atomic E-state index is -4.23. The maximum atomic E-state index is 12.7. The molecular formula is C13H14F4N2O.